The van der Waals surface area contributed by atoms with Crippen molar-refractivity contribution in [3.8, 4) is 0 Å². The van der Waals surface area contributed by atoms with Gasteiger partial charge in [0, 0.05) is 24.1 Å². The number of anilines is 1. The molecule has 1 aromatic heterocycles. The molecule has 3 aromatic rings. The highest BCUT2D eigenvalue weighted by Gasteiger charge is 2.19. The normalized spacial score (nSPS) is 12.0. The molecule has 0 spiro atoms. The van der Waals surface area contributed by atoms with E-state index in [9.17, 15) is 13.6 Å². The monoisotopic (exact) mass is 340 g/mol. The number of carbonyl (C=O) groups excluding carboxylic acids is 1. The van der Waals surface area contributed by atoms with E-state index in [4.69, 9.17) is 0 Å². The van der Waals surface area contributed by atoms with E-state index >= 15 is 0 Å². The number of aromatic nitrogens is 1. The Bertz CT molecular complexity index is 875. The van der Waals surface area contributed by atoms with Crippen LogP contribution >= 0.6 is 0 Å². The molecule has 0 radical (unpaired) electrons. The zero-order chi connectivity index (χ0) is 17.8. The van der Waals surface area contributed by atoms with Crippen LogP contribution in [0.3, 0.4) is 0 Å². The summed E-state index contributed by atoms with van der Waals surface area (Å²) < 4.78 is 28.3. The summed E-state index contributed by atoms with van der Waals surface area (Å²) in [5.74, 6) is -2.20. The molecule has 1 N–H and O–H groups in total. The van der Waals surface area contributed by atoms with E-state index in [2.05, 4.69) is 5.32 Å². The number of amides is 1. The number of halogens is 2. The fraction of sp³-hybridized carbons (Fsp3) is 0.150. The number of rotatable bonds is 5. The first-order valence-corrected chi connectivity index (χ1v) is 7.97. The molecular formula is C20H18F2N2O. The third kappa shape index (κ3) is 3.94. The Kier molecular flexibility index (Phi) is 4.93. The van der Waals surface area contributed by atoms with E-state index in [1.165, 1.54) is 6.07 Å². The van der Waals surface area contributed by atoms with Crippen molar-refractivity contribution < 1.29 is 13.6 Å². The maximum absolute atomic E-state index is 13.3. The molecule has 0 saturated heterocycles. The predicted octanol–water partition coefficient (Wildman–Crippen LogP) is 4.69. The number of hydrogen-bond donors (Lipinski definition) is 1. The molecule has 0 aliphatic rings. The summed E-state index contributed by atoms with van der Waals surface area (Å²) in [4.78, 5) is 12.5. The van der Waals surface area contributed by atoms with Gasteiger partial charge in [-0.15, -0.1) is 0 Å². The van der Waals surface area contributed by atoms with Gasteiger partial charge in [-0.3, -0.25) is 4.79 Å². The maximum Gasteiger partial charge on any atom is 0.226 e. The van der Waals surface area contributed by atoms with E-state index < -0.39 is 11.6 Å². The molecule has 0 unspecified atom stereocenters. The third-order valence-corrected chi connectivity index (χ3v) is 4.12. The SMILES string of the molecule is Cc1ccccc1[C@H](CC(=O)Nc1ccc(F)c(F)c1)n1cccc1. The molecule has 128 valence electrons. The third-order valence-electron chi connectivity index (χ3n) is 4.12. The first-order chi connectivity index (χ1) is 12.0. The van der Waals surface area contributed by atoms with E-state index in [1.54, 1.807) is 0 Å². The van der Waals surface area contributed by atoms with Gasteiger partial charge in [0.05, 0.1) is 12.5 Å². The van der Waals surface area contributed by atoms with Crippen LogP contribution in [0.2, 0.25) is 0 Å². The Hall–Kier alpha value is -2.95. The van der Waals surface area contributed by atoms with E-state index in [0.717, 1.165) is 23.3 Å². The molecule has 2 aromatic carbocycles. The summed E-state index contributed by atoms with van der Waals surface area (Å²) >= 11 is 0. The summed E-state index contributed by atoms with van der Waals surface area (Å²) in [7, 11) is 0. The second-order valence-electron chi connectivity index (χ2n) is 5.88. The Morgan fingerprint density at radius 1 is 1.04 bits per heavy atom. The number of benzene rings is 2. The van der Waals surface area contributed by atoms with Crippen molar-refractivity contribution >= 4 is 11.6 Å². The molecule has 3 rings (SSSR count). The average molecular weight is 340 g/mol. The molecule has 1 heterocycles. The van der Waals surface area contributed by atoms with Gasteiger partial charge >= 0.3 is 0 Å². The lowest BCUT2D eigenvalue weighted by atomic mass is 9.98. The Morgan fingerprint density at radius 2 is 1.76 bits per heavy atom. The van der Waals surface area contributed by atoms with E-state index in [-0.39, 0.29) is 24.1 Å². The van der Waals surface area contributed by atoms with Gasteiger partial charge in [0.15, 0.2) is 11.6 Å². The van der Waals surface area contributed by atoms with Gasteiger partial charge in [-0.2, -0.15) is 0 Å². The summed E-state index contributed by atoms with van der Waals surface area (Å²) in [5, 5.41) is 2.63. The highest BCUT2D eigenvalue weighted by molar-refractivity contribution is 5.91. The van der Waals surface area contributed by atoms with Gasteiger partial charge in [-0.1, -0.05) is 24.3 Å². The van der Waals surface area contributed by atoms with Crippen LogP contribution in [-0.4, -0.2) is 10.5 Å². The Balaban J connectivity index is 1.82. The van der Waals surface area contributed by atoms with E-state index in [0.29, 0.717) is 0 Å². The van der Waals surface area contributed by atoms with Crippen LogP contribution in [0.1, 0.15) is 23.6 Å². The number of hydrogen-bond acceptors (Lipinski definition) is 1. The highest BCUT2D eigenvalue weighted by atomic mass is 19.2. The quantitative estimate of drug-likeness (QED) is 0.718. The van der Waals surface area contributed by atoms with Crippen molar-refractivity contribution in [1.29, 1.82) is 0 Å². The van der Waals surface area contributed by atoms with Crippen molar-refractivity contribution in [2.75, 3.05) is 5.32 Å². The first kappa shape index (κ1) is 16.9. The number of nitrogens with one attached hydrogen (secondary N) is 1. The fourth-order valence-electron chi connectivity index (χ4n) is 2.85. The summed E-state index contributed by atoms with van der Waals surface area (Å²) in [6, 6.07) is 14.8. The number of carbonyl (C=O) groups is 1. The summed E-state index contributed by atoms with van der Waals surface area (Å²) in [6.45, 7) is 2.00. The second kappa shape index (κ2) is 7.30. The van der Waals surface area contributed by atoms with Gasteiger partial charge in [-0.25, -0.2) is 8.78 Å². The zero-order valence-electron chi connectivity index (χ0n) is 13.7. The van der Waals surface area contributed by atoms with Crippen molar-refractivity contribution in [3.63, 3.8) is 0 Å². The van der Waals surface area contributed by atoms with Crippen LogP contribution in [0, 0.1) is 18.6 Å². The minimum absolute atomic E-state index is 0.179. The minimum Gasteiger partial charge on any atom is -0.346 e. The standard InChI is InChI=1S/C20H18F2N2O/c1-14-6-2-3-7-16(14)19(24-10-4-5-11-24)13-20(25)23-15-8-9-17(21)18(22)12-15/h2-12,19H,13H2,1H3,(H,23,25)/t19-/m0/s1. The minimum atomic E-state index is -0.987. The van der Waals surface area contributed by atoms with Gasteiger partial charge < -0.3 is 9.88 Å². The van der Waals surface area contributed by atoms with Crippen LogP contribution in [0.5, 0.6) is 0 Å². The summed E-state index contributed by atoms with van der Waals surface area (Å²) in [6.07, 6.45) is 3.99. The van der Waals surface area contributed by atoms with Crippen LogP contribution in [0.15, 0.2) is 67.0 Å². The molecule has 0 bridgehead atoms. The molecule has 0 fully saturated rings. The number of aryl methyl sites for hydroxylation is 1. The van der Waals surface area contributed by atoms with Gasteiger partial charge in [0.1, 0.15) is 0 Å². The Labute approximate surface area is 144 Å². The predicted molar refractivity (Wildman–Crippen MR) is 93.4 cm³/mol. The molecule has 0 saturated carbocycles. The smallest absolute Gasteiger partial charge is 0.226 e. The number of nitrogens with zero attached hydrogens (tertiary/aromatic N) is 1. The van der Waals surface area contributed by atoms with E-state index in [1.807, 2.05) is 60.3 Å². The molecule has 5 heteroatoms. The lowest BCUT2D eigenvalue weighted by Crippen LogP contribution is -2.20. The van der Waals surface area contributed by atoms with Crippen LogP contribution < -0.4 is 5.32 Å². The molecular weight excluding hydrogens is 322 g/mol. The fourth-order valence-corrected chi connectivity index (χ4v) is 2.85. The van der Waals surface area contributed by atoms with Gasteiger partial charge in [0.2, 0.25) is 5.91 Å². The molecule has 3 nitrogen and oxygen atoms in total. The first-order valence-electron chi connectivity index (χ1n) is 7.97. The van der Waals surface area contributed by atoms with Crippen molar-refractivity contribution in [2.45, 2.75) is 19.4 Å². The molecule has 1 amide bonds. The van der Waals surface area contributed by atoms with Crippen LogP contribution in [0.25, 0.3) is 0 Å². The zero-order valence-corrected chi connectivity index (χ0v) is 13.7. The summed E-state index contributed by atoms with van der Waals surface area (Å²) in [5.41, 5.74) is 2.36. The molecule has 1 atom stereocenters. The van der Waals surface area contributed by atoms with Crippen molar-refractivity contribution in [2.24, 2.45) is 0 Å². The van der Waals surface area contributed by atoms with Crippen molar-refractivity contribution in [3.05, 3.63) is 89.8 Å². The molecule has 0 aliphatic heterocycles. The van der Waals surface area contributed by atoms with Crippen LogP contribution in [-0.2, 0) is 4.79 Å². The average Bonchev–Trinajstić information content (AvgIpc) is 3.11. The molecule has 25 heavy (non-hydrogen) atoms. The maximum atomic E-state index is 13.3. The highest BCUT2D eigenvalue weighted by Crippen LogP contribution is 2.26. The molecule has 0 aliphatic carbocycles. The van der Waals surface area contributed by atoms with Gasteiger partial charge in [-0.05, 0) is 42.3 Å². The topological polar surface area (TPSA) is 34.0 Å². The lowest BCUT2D eigenvalue weighted by Gasteiger charge is -2.21. The van der Waals surface area contributed by atoms with Crippen LogP contribution in [0.4, 0.5) is 14.5 Å². The van der Waals surface area contributed by atoms with Crippen molar-refractivity contribution in [1.82, 2.24) is 4.57 Å². The largest absolute Gasteiger partial charge is 0.346 e. The van der Waals surface area contributed by atoms with Gasteiger partial charge in [0.25, 0.3) is 0 Å². The second-order valence-corrected chi connectivity index (χ2v) is 5.88. The Morgan fingerprint density at radius 3 is 2.44 bits per heavy atom. The lowest BCUT2D eigenvalue weighted by molar-refractivity contribution is -0.116.